The summed E-state index contributed by atoms with van der Waals surface area (Å²) in [6.07, 6.45) is 5.68. The van der Waals surface area contributed by atoms with Crippen molar-refractivity contribution in [3.8, 4) is 0 Å². The number of benzene rings is 1. The zero-order valence-electron chi connectivity index (χ0n) is 13.7. The Hall–Kier alpha value is -1.76. The lowest BCUT2D eigenvalue weighted by molar-refractivity contribution is 0.643. The first-order valence-corrected chi connectivity index (χ1v) is 7.37. The Balaban J connectivity index is 0.00000172. The Bertz CT molecular complexity index is 424. The average Bonchev–Trinajstić information content (AvgIpc) is 2.45. The normalized spacial score (nSPS) is 10.6. The number of allylic oxidation sites excluding steroid dienone is 3. The van der Waals surface area contributed by atoms with Gasteiger partial charge in [-0.05, 0) is 37.1 Å². The summed E-state index contributed by atoms with van der Waals surface area (Å²) in [7, 11) is 0. The van der Waals surface area contributed by atoms with E-state index in [1.807, 2.05) is 26.0 Å². The summed E-state index contributed by atoms with van der Waals surface area (Å²) >= 11 is 0. The fraction of sp³-hybridized carbons (Fsp3) is 0.368. The van der Waals surface area contributed by atoms with Crippen molar-refractivity contribution in [3.63, 3.8) is 0 Å². The van der Waals surface area contributed by atoms with Crippen molar-refractivity contribution in [2.45, 2.75) is 34.6 Å². The van der Waals surface area contributed by atoms with Gasteiger partial charge in [-0.3, -0.25) is 0 Å². The van der Waals surface area contributed by atoms with Crippen LogP contribution in [-0.4, -0.2) is 6.54 Å². The maximum atomic E-state index is 3.89. The van der Waals surface area contributed by atoms with Crippen LogP contribution in [0.1, 0.15) is 33.3 Å². The molecule has 20 heavy (non-hydrogen) atoms. The first kappa shape index (κ1) is 18.2. The van der Waals surface area contributed by atoms with Crippen LogP contribution in [0.4, 0.5) is 5.69 Å². The molecule has 1 rings (SSSR count). The van der Waals surface area contributed by atoms with Gasteiger partial charge in [-0.2, -0.15) is 0 Å². The summed E-state index contributed by atoms with van der Waals surface area (Å²) in [5.74, 6) is 0.583. The van der Waals surface area contributed by atoms with E-state index in [1.165, 1.54) is 11.3 Å². The summed E-state index contributed by atoms with van der Waals surface area (Å²) < 4.78 is 0. The van der Waals surface area contributed by atoms with Crippen LogP contribution in [0.3, 0.4) is 0 Å². The molecule has 0 aliphatic rings. The largest absolute Gasteiger partial charge is 0.341 e. The molecule has 1 aromatic carbocycles. The van der Waals surface area contributed by atoms with Gasteiger partial charge in [-0.25, -0.2) is 0 Å². The van der Waals surface area contributed by atoms with E-state index < -0.39 is 0 Å². The summed E-state index contributed by atoms with van der Waals surface area (Å²) in [6.45, 7) is 19.2. The van der Waals surface area contributed by atoms with Crippen LogP contribution in [0.25, 0.3) is 0 Å². The van der Waals surface area contributed by atoms with Crippen LogP contribution in [-0.2, 0) is 0 Å². The van der Waals surface area contributed by atoms with E-state index in [2.05, 4.69) is 63.1 Å². The average molecular weight is 271 g/mol. The van der Waals surface area contributed by atoms with E-state index in [9.17, 15) is 0 Å². The van der Waals surface area contributed by atoms with E-state index in [4.69, 9.17) is 0 Å². The van der Waals surface area contributed by atoms with E-state index in [0.29, 0.717) is 5.92 Å². The smallest absolute Gasteiger partial charge is 0.0410 e. The Morgan fingerprint density at radius 1 is 1.15 bits per heavy atom. The number of rotatable bonds is 6. The van der Waals surface area contributed by atoms with Crippen molar-refractivity contribution in [1.82, 2.24) is 0 Å². The van der Waals surface area contributed by atoms with Crippen LogP contribution in [0, 0.1) is 12.8 Å². The summed E-state index contributed by atoms with van der Waals surface area (Å²) in [5.41, 5.74) is 3.56. The van der Waals surface area contributed by atoms with Gasteiger partial charge in [0.2, 0.25) is 0 Å². The molecule has 0 saturated heterocycles. The van der Waals surface area contributed by atoms with Crippen LogP contribution in [0.5, 0.6) is 0 Å². The van der Waals surface area contributed by atoms with Crippen molar-refractivity contribution in [2.24, 2.45) is 5.92 Å². The Kier molecular flexibility index (Phi) is 9.19. The molecule has 0 aliphatic carbocycles. The molecular weight excluding hydrogens is 242 g/mol. The molecule has 0 aromatic heterocycles. The quantitative estimate of drug-likeness (QED) is 0.596. The van der Waals surface area contributed by atoms with Crippen LogP contribution < -0.4 is 4.90 Å². The lowest BCUT2D eigenvalue weighted by Gasteiger charge is -2.27. The molecule has 0 amide bonds. The molecule has 0 aliphatic heterocycles. The second-order valence-corrected chi connectivity index (χ2v) is 4.87. The number of nitrogens with zero attached hydrogens (tertiary/aromatic N) is 1. The highest BCUT2D eigenvalue weighted by atomic mass is 15.1. The molecule has 0 heterocycles. The molecule has 0 N–H and O–H groups in total. The lowest BCUT2D eigenvalue weighted by Crippen LogP contribution is -2.26. The molecule has 0 fully saturated rings. The molecule has 1 aromatic rings. The minimum atomic E-state index is 0.583. The Morgan fingerprint density at radius 3 is 2.10 bits per heavy atom. The first-order chi connectivity index (χ1) is 9.58. The fourth-order valence-corrected chi connectivity index (χ4v) is 1.84. The minimum absolute atomic E-state index is 0.583. The summed E-state index contributed by atoms with van der Waals surface area (Å²) in [5, 5.41) is 0. The maximum Gasteiger partial charge on any atom is 0.0410 e. The van der Waals surface area contributed by atoms with E-state index >= 15 is 0 Å². The molecule has 1 heteroatoms. The molecule has 1 nitrogen and oxygen atoms in total. The minimum Gasteiger partial charge on any atom is -0.341 e. The van der Waals surface area contributed by atoms with Crippen molar-refractivity contribution in [1.29, 1.82) is 0 Å². The highest BCUT2D eigenvalue weighted by Gasteiger charge is 2.10. The van der Waals surface area contributed by atoms with Gasteiger partial charge < -0.3 is 4.90 Å². The molecule has 0 radical (unpaired) electrons. The van der Waals surface area contributed by atoms with Gasteiger partial charge in [0.15, 0.2) is 0 Å². The lowest BCUT2D eigenvalue weighted by atomic mass is 10.1. The molecule has 0 atom stereocenters. The zero-order valence-corrected chi connectivity index (χ0v) is 13.7. The summed E-state index contributed by atoms with van der Waals surface area (Å²) in [6, 6.07) is 8.57. The van der Waals surface area contributed by atoms with Crippen molar-refractivity contribution >= 4 is 5.69 Å². The zero-order chi connectivity index (χ0) is 15.5. The van der Waals surface area contributed by atoms with Crippen molar-refractivity contribution in [3.05, 3.63) is 66.9 Å². The fourth-order valence-electron chi connectivity index (χ4n) is 1.84. The molecule has 0 bridgehead atoms. The maximum absolute atomic E-state index is 3.89. The predicted octanol–water partition coefficient (Wildman–Crippen LogP) is 5.74. The second kappa shape index (κ2) is 10.1. The summed E-state index contributed by atoms with van der Waals surface area (Å²) in [4.78, 5) is 2.28. The molecule has 0 spiro atoms. The van der Waals surface area contributed by atoms with Gasteiger partial charge in [0, 0.05) is 17.9 Å². The third-order valence-corrected chi connectivity index (χ3v) is 2.70. The van der Waals surface area contributed by atoms with Gasteiger partial charge in [-0.1, -0.05) is 64.6 Å². The Morgan fingerprint density at radius 2 is 1.70 bits per heavy atom. The standard InChI is InChI=1S/C17H23N.C2H6/c1-6-8-16(7-2)18(13-14(3)4)17-11-9-15(5)10-12-17;1-2/h6-12,14H,1-2,13H2,3-5H3;1-2H3/b16-8+;. The highest BCUT2D eigenvalue weighted by Crippen LogP contribution is 2.22. The van der Waals surface area contributed by atoms with Gasteiger partial charge in [-0.15, -0.1) is 0 Å². The van der Waals surface area contributed by atoms with Crippen LogP contribution >= 0.6 is 0 Å². The monoisotopic (exact) mass is 271 g/mol. The molecular formula is C19H29N. The number of hydrogen-bond donors (Lipinski definition) is 0. The van der Waals surface area contributed by atoms with Gasteiger partial charge in [0.25, 0.3) is 0 Å². The van der Waals surface area contributed by atoms with Crippen molar-refractivity contribution in [2.75, 3.05) is 11.4 Å². The van der Waals surface area contributed by atoms with E-state index in [-0.39, 0.29) is 0 Å². The van der Waals surface area contributed by atoms with Crippen LogP contribution in [0.2, 0.25) is 0 Å². The first-order valence-electron chi connectivity index (χ1n) is 7.37. The molecule has 0 saturated carbocycles. The third kappa shape index (κ3) is 5.92. The number of anilines is 1. The molecule has 0 unspecified atom stereocenters. The van der Waals surface area contributed by atoms with Gasteiger partial charge in [0.05, 0.1) is 0 Å². The van der Waals surface area contributed by atoms with Crippen LogP contribution in [0.15, 0.2) is 61.3 Å². The van der Waals surface area contributed by atoms with E-state index in [1.54, 1.807) is 6.08 Å². The predicted molar refractivity (Wildman–Crippen MR) is 93.2 cm³/mol. The SMILES string of the molecule is C=C/C=C(\C=C)N(CC(C)C)c1ccc(C)cc1.CC. The van der Waals surface area contributed by atoms with Crippen molar-refractivity contribution < 1.29 is 0 Å². The van der Waals surface area contributed by atoms with Gasteiger partial charge in [0.1, 0.15) is 0 Å². The van der Waals surface area contributed by atoms with Gasteiger partial charge >= 0.3 is 0 Å². The topological polar surface area (TPSA) is 3.24 Å². The molecule has 110 valence electrons. The highest BCUT2D eigenvalue weighted by molar-refractivity contribution is 5.55. The van der Waals surface area contributed by atoms with E-state index in [0.717, 1.165) is 12.2 Å². The number of aryl methyl sites for hydroxylation is 1. The number of hydrogen-bond acceptors (Lipinski definition) is 1. The third-order valence-electron chi connectivity index (χ3n) is 2.70. The second-order valence-electron chi connectivity index (χ2n) is 4.87. The Labute approximate surface area is 125 Å².